The van der Waals surface area contributed by atoms with Gasteiger partial charge in [0.1, 0.15) is 6.04 Å². The molecule has 3 rings (SSSR count). The Morgan fingerprint density at radius 3 is 2.47 bits per heavy atom. The lowest BCUT2D eigenvalue weighted by molar-refractivity contribution is -0.154. The maximum absolute atomic E-state index is 13.0. The average Bonchev–Trinajstić information content (AvgIpc) is 2.73. The fourth-order valence-corrected chi connectivity index (χ4v) is 3.69. The predicted octanol–water partition coefficient (Wildman–Crippen LogP) is 2.34. The van der Waals surface area contributed by atoms with Crippen molar-refractivity contribution in [3.63, 3.8) is 0 Å². The fraction of sp³-hybridized carbons (Fsp3) is 0.318. The van der Waals surface area contributed by atoms with Crippen molar-refractivity contribution >= 4 is 35.1 Å². The number of para-hydroxylation sites is 1. The van der Waals surface area contributed by atoms with Gasteiger partial charge in [0.05, 0.1) is 30.9 Å². The van der Waals surface area contributed by atoms with Gasteiger partial charge in [0.25, 0.3) is 0 Å². The minimum absolute atomic E-state index is 0.00425. The van der Waals surface area contributed by atoms with Crippen LogP contribution in [0.15, 0.2) is 48.5 Å². The molecule has 2 aromatic carbocycles. The third-order valence-corrected chi connectivity index (χ3v) is 5.34. The molecule has 0 aromatic heterocycles. The fourth-order valence-electron chi connectivity index (χ4n) is 3.51. The number of anilines is 1. The lowest BCUT2D eigenvalue weighted by Gasteiger charge is -2.36. The molecule has 0 unspecified atom stereocenters. The summed E-state index contributed by atoms with van der Waals surface area (Å²) >= 11 is 6.06. The van der Waals surface area contributed by atoms with Crippen LogP contribution in [-0.2, 0) is 32.1 Å². The molecule has 1 aliphatic rings. The molecule has 0 bridgehead atoms. The second-order valence-corrected chi connectivity index (χ2v) is 7.64. The summed E-state index contributed by atoms with van der Waals surface area (Å²) in [4.78, 5) is 40.7. The van der Waals surface area contributed by atoms with Crippen LogP contribution in [0.4, 0.5) is 5.69 Å². The van der Waals surface area contributed by atoms with Gasteiger partial charge in [0, 0.05) is 13.0 Å². The molecule has 30 heavy (non-hydrogen) atoms. The monoisotopic (exact) mass is 429 g/mol. The van der Waals surface area contributed by atoms with Gasteiger partial charge in [-0.05, 0) is 30.3 Å². The SMILES string of the molecule is COC(=O)[C@@H]1Cc2ccccc2CN1C(=O)CN(C)CC(=O)Nc1ccccc1Cl. The van der Waals surface area contributed by atoms with Gasteiger partial charge in [0.15, 0.2) is 0 Å². The van der Waals surface area contributed by atoms with Crippen LogP contribution in [0.25, 0.3) is 0 Å². The van der Waals surface area contributed by atoms with E-state index in [1.807, 2.05) is 24.3 Å². The third-order valence-electron chi connectivity index (χ3n) is 5.01. The molecular weight excluding hydrogens is 406 g/mol. The van der Waals surface area contributed by atoms with E-state index < -0.39 is 12.0 Å². The van der Waals surface area contributed by atoms with Crippen molar-refractivity contribution in [3.8, 4) is 0 Å². The van der Waals surface area contributed by atoms with Crippen LogP contribution in [0.5, 0.6) is 0 Å². The van der Waals surface area contributed by atoms with Crippen LogP contribution < -0.4 is 5.32 Å². The highest BCUT2D eigenvalue weighted by atomic mass is 35.5. The number of halogens is 1. The van der Waals surface area contributed by atoms with E-state index in [0.29, 0.717) is 23.7 Å². The highest BCUT2D eigenvalue weighted by Crippen LogP contribution is 2.24. The molecule has 0 saturated carbocycles. The predicted molar refractivity (Wildman–Crippen MR) is 114 cm³/mol. The van der Waals surface area contributed by atoms with E-state index in [2.05, 4.69) is 5.32 Å². The zero-order chi connectivity index (χ0) is 21.7. The van der Waals surface area contributed by atoms with Gasteiger partial charge in [-0.2, -0.15) is 0 Å². The Kier molecular flexibility index (Phi) is 7.07. The Balaban J connectivity index is 1.63. The first-order valence-corrected chi connectivity index (χ1v) is 9.94. The number of rotatable bonds is 6. The van der Waals surface area contributed by atoms with Crippen LogP contribution in [-0.4, -0.2) is 60.9 Å². The van der Waals surface area contributed by atoms with E-state index in [9.17, 15) is 14.4 Å². The van der Waals surface area contributed by atoms with Crippen LogP contribution in [0.1, 0.15) is 11.1 Å². The number of hydrogen-bond acceptors (Lipinski definition) is 5. The van der Waals surface area contributed by atoms with Crippen molar-refractivity contribution in [1.82, 2.24) is 9.80 Å². The number of esters is 1. The molecule has 7 nitrogen and oxygen atoms in total. The first kappa shape index (κ1) is 21.8. The van der Waals surface area contributed by atoms with Crippen molar-refractivity contribution in [2.75, 3.05) is 32.6 Å². The number of nitrogens with zero attached hydrogens (tertiary/aromatic N) is 2. The van der Waals surface area contributed by atoms with Gasteiger partial charge in [-0.25, -0.2) is 4.79 Å². The highest BCUT2D eigenvalue weighted by Gasteiger charge is 2.35. The van der Waals surface area contributed by atoms with Crippen molar-refractivity contribution in [3.05, 3.63) is 64.7 Å². The topological polar surface area (TPSA) is 79.0 Å². The number of methoxy groups -OCH3 is 1. The average molecular weight is 430 g/mol. The first-order valence-electron chi connectivity index (χ1n) is 9.56. The molecule has 158 valence electrons. The number of fused-ring (bicyclic) bond motifs is 1. The molecule has 0 saturated heterocycles. The quantitative estimate of drug-likeness (QED) is 0.713. The van der Waals surface area contributed by atoms with Gasteiger partial charge in [-0.3, -0.25) is 14.5 Å². The summed E-state index contributed by atoms with van der Waals surface area (Å²) in [7, 11) is 2.99. The van der Waals surface area contributed by atoms with Gasteiger partial charge in [0.2, 0.25) is 11.8 Å². The maximum Gasteiger partial charge on any atom is 0.328 e. The molecule has 0 spiro atoms. The molecule has 1 N–H and O–H groups in total. The molecule has 0 radical (unpaired) electrons. The summed E-state index contributed by atoms with van der Waals surface area (Å²) in [6, 6.07) is 14.0. The highest BCUT2D eigenvalue weighted by molar-refractivity contribution is 6.33. The normalized spacial score (nSPS) is 15.5. The maximum atomic E-state index is 13.0. The van der Waals surface area contributed by atoms with E-state index in [1.165, 1.54) is 12.0 Å². The Hall–Kier alpha value is -2.90. The summed E-state index contributed by atoms with van der Waals surface area (Å²) < 4.78 is 4.91. The molecular formula is C22H24ClN3O4. The largest absolute Gasteiger partial charge is 0.467 e. The van der Waals surface area contributed by atoms with Crippen molar-refractivity contribution in [2.45, 2.75) is 19.0 Å². The van der Waals surface area contributed by atoms with Crippen LogP contribution >= 0.6 is 11.6 Å². The number of hydrogen-bond donors (Lipinski definition) is 1. The number of benzene rings is 2. The lowest BCUT2D eigenvalue weighted by Crippen LogP contribution is -2.52. The van der Waals surface area contributed by atoms with Crippen LogP contribution in [0, 0.1) is 0 Å². The van der Waals surface area contributed by atoms with Crippen LogP contribution in [0.3, 0.4) is 0 Å². The second-order valence-electron chi connectivity index (χ2n) is 7.23. The molecule has 2 aromatic rings. The van der Waals surface area contributed by atoms with E-state index in [1.54, 1.807) is 36.2 Å². The van der Waals surface area contributed by atoms with Gasteiger partial charge < -0.3 is 15.0 Å². The first-order chi connectivity index (χ1) is 14.4. The van der Waals surface area contributed by atoms with Gasteiger partial charge in [-0.15, -0.1) is 0 Å². The second kappa shape index (κ2) is 9.73. The van der Waals surface area contributed by atoms with E-state index in [0.717, 1.165) is 11.1 Å². The summed E-state index contributed by atoms with van der Waals surface area (Å²) in [6.07, 6.45) is 0.408. The Morgan fingerprint density at radius 2 is 1.77 bits per heavy atom. The zero-order valence-corrected chi connectivity index (χ0v) is 17.7. The number of likely N-dealkylation sites (N-methyl/N-ethyl adjacent to an activating group) is 1. The summed E-state index contributed by atoms with van der Waals surface area (Å²) in [6.45, 7) is 0.324. The van der Waals surface area contributed by atoms with E-state index in [4.69, 9.17) is 16.3 Å². The molecule has 2 amide bonds. The Morgan fingerprint density at radius 1 is 1.10 bits per heavy atom. The van der Waals surface area contributed by atoms with Crippen molar-refractivity contribution in [2.24, 2.45) is 0 Å². The summed E-state index contributed by atoms with van der Waals surface area (Å²) in [5.41, 5.74) is 2.55. The smallest absolute Gasteiger partial charge is 0.328 e. The summed E-state index contributed by atoms with van der Waals surface area (Å²) in [5.74, 6) is -0.975. The van der Waals surface area contributed by atoms with E-state index in [-0.39, 0.29) is 24.9 Å². The van der Waals surface area contributed by atoms with Crippen LogP contribution in [0.2, 0.25) is 5.02 Å². The number of carbonyl (C=O) groups is 3. The van der Waals surface area contributed by atoms with Crippen molar-refractivity contribution < 1.29 is 19.1 Å². The molecule has 1 atom stereocenters. The minimum Gasteiger partial charge on any atom is -0.467 e. The lowest BCUT2D eigenvalue weighted by atomic mass is 9.94. The molecule has 8 heteroatoms. The third kappa shape index (κ3) is 5.17. The molecule has 0 fully saturated rings. The zero-order valence-electron chi connectivity index (χ0n) is 16.9. The number of nitrogens with one attached hydrogen (secondary N) is 1. The van der Waals surface area contributed by atoms with Gasteiger partial charge >= 0.3 is 5.97 Å². The summed E-state index contributed by atoms with van der Waals surface area (Å²) in [5, 5.41) is 3.17. The number of amides is 2. The Labute approximate surface area is 180 Å². The number of carbonyl (C=O) groups excluding carboxylic acids is 3. The van der Waals surface area contributed by atoms with E-state index >= 15 is 0 Å². The molecule has 1 heterocycles. The van der Waals surface area contributed by atoms with Crippen molar-refractivity contribution in [1.29, 1.82) is 0 Å². The standard InChI is InChI=1S/C22H24ClN3O4/c1-25(13-20(27)24-18-10-6-5-9-17(18)23)14-21(28)26-12-16-8-4-3-7-15(16)11-19(26)22(29)30-2/h3-10,19H,11-14H2,1-2H3,(H,24,27)/t19-/m0/s1. The molecule has 1 aliphatic heterocycles. The molecule has 0 aliphatic carbocycles. The van der Waals surface area contributed by atoms with Gasteiger partial charge in [-0.1, -0.05) is 48.0 Å². The Bertz CT molecular complexity index is 949. The minimum atomic E-state index is -0.678. The number of ether oxygens (including phenoxy) is 1.